The summed E-state index contributed by atoms with van der Waals surface area (Å²) in [4.78, 5) is 30.5. The van der Waals surface area contributed by atoms with Crippen LogP contribution in [-0.4, -0.2) is 26.8 Å². The molecule has 0 radical (unpaired) electrons. The number of hydrogen-bond donors (Lipinski definition) is 3. The SMILES string of the molecule is O=C1N/C(=N/Cc2ccc3[nH]ccc3c2)C(c2cc(Br)cc(Br)c2)N1c1ccc2nc[nH]c2c1. The first-order valence-corrected chi connectivity index (χ1v) is 12.2. The molecule has 0 bridgehead atoms. The van der Waals surface area contributed by atoms with E-state index in [2.05, 4.69) is 58.2 Å². The standard InChI is InChI=1S/C25H18Br2N6O/c26-17-8-16(9-18(27)10-17)23-24(29-12-14-1-3-20-15(7-14)5-6-28-20)32-25(34)33(23)19-2-4-21-22(11-19)31-13-30-21/h1-11,13,23,28H,12H2,(H,30,31)(H,29,32,34). The van der Waals surface area contributed by atoms with Crippen molar-refractivity contribution < 1.29 is 4.79 Å². The molecule has 3 aromatic carbocycles. The Morgan fingerprint density at radius 1 is 0.941 bits per heavy atom. The Labute approximate surface area is 211 Å². The lowest BCUT2D eigenvalue weighted by Crippen LogP contribution is -2.29. The third-order valence-electron chi connectivity index (χ3n) is 5.90. The third-order valence-corrected chi connectivity index (χ3v) is 6.82. The fourth-order valence-corrected chi connectivity index (χ4v) is 5.69. The van der Waals surface area contributed by atoms with Crippen LogP contribution in [0, 0.1) is 0 Å². The molecule has 1 atom stereocenters. The molecule has 1 fully saturated rings. The number of imidazole rings is 1. The second-order valence-corrected chi connectivity index (χ2v) is 9.94. The summed E-state index contributed by atoms with van der Waals surface area (Å²) >= 11 is 7.17. The number of H-pyrrole nitrogens is 2. The molecule has 6 rings (SSSR count). The summed E-state index contributed by atoms with van der Waals surface area (Å²) in [5, 5.41) is 4.14. The minimum absolute atomic E-state index is 0.222. The zero-order chi connectivity index (χ0) is 23.2. The average molecular weight is 578 g/mol. The molecular formula is C25H18Br2N6O. The summed E-state index contributed by atoms with van der Waals surface area (Å²) in [6, 6.07) is 19.4. The molecule has 3 N–H and O–H groups in total. The van der Waals surface area contributed by atoms with Crippen molar-refractivity contribution in [3.8, 4) is 0 Å². The zero-order valence-corrected chi connectivity index (χ0v) is 20.9. The normalized spacial score (nSPS) is 17.2. The molecule has 34 heavy (non-hydrogen) atoms. The monoisotopic (exact) mass is 576 g/mol. The number of carbonyl (C=O) groups excluding carboxylic acids is 1. The highest BCUT2D eigenvalue weighted by Crippen LogP contribution is 2.36. The third kappa shape index (κ3) is 3.80. The van der Waals surface area contributed by atoms with Crippen molar-refractivity contribution in [2.45, 2.75) is 12.6 Å². The summed E-state index contributed by atoms with van der Waals surface area (Å²) < 4.78 is 1.83. The van der Waals surface area contributed by atoms with Crippen molar-refractivity contribution in [1.82, 2.24) is 20.3 Å². The Hall–Kier alpha value is -3.43. The first kappa shape index (κ1) is 21.1. The van der Waals surface area contributed by atoms with Gasteiger partial charge in [0.2, 0.25) is 0 Å². The van der Waals surface area contributed by atoms with Gasteiger partial charge in [0.05, 0.1) is 23.9 Å². The summed E-state index contributed by atoms with van der Waals surface area (Å²) in [7, 11) is 0. The number of nitrogens with zero attached hydrogens (tertiary/aromatic N) is 3. The van der Waals surface area contributed by atoms with E-state index in [9.17, 15) is 4.79 Å². The fraction of sp³-hybridized carbons (Fsp3) is 0.0800. The Morgan fingerprint density at radius 3 is 2.65 bits per heavy atom. The molecule has 1 aliphatic rings. The van der Waals surface area contributed by atoms with Crippen LogP contribution < -0.4 is 10.2 Å². The predicted molar refractivity (Wildman–Crippen MR) is 141 cm³/mol. The number of halogens is 2. The van der Waals surface area contributed by atoms with Crippen molar-refractivity contribution in [3.05, 3.63) is 93.3 Å². The van der Waals surface area contributed by atoms with Crippen LogP contribution in [0.25, 0.3) is 21.9 Å². The van der Waals surface area contributed by atoms with E-state index in [1.165, 1.54) is 0 Å². The molecule has 7 nitrogen and oxygen atoms in total. The van der Waals surface area contributed by atoms with Crippen LogP contribution in [-0.2, 0) is 6.54 Å². The van der Waals surface area contributed by atoms with Crippen molar-refractivity contribution in [3.63, 3.8) is 0 Å². The first-order chi connectivity index (χ1) is 16.5. The molecule has 0 spiro atoms. The smallest absolute Gasteiger partial charge is 0.328 e. The van der Waals surface area contributed by atoms with E-state index < -0.39 is 6.04 Å². The lowest BCUT2D eigenvalue weighted by atomic mass is 10.0. The van der Waals surface area contributed by atoms with Crippen molar-refractivity contribution in [2.24, 2.45) is 4.99 Å². The van der Waals surface area contributed by atoms with Crippen LogP contribution in [0.1, 0.15) is 17.2 Å². The van der Waals surface area contributed by atoms with Gasteiger partial charge in [-0.1, -0.05) is 37.9 Å². The van der Waals surface area contributed by atoms with Gasteiger partial charge >= 0.3 is 6.03 Å². The van der Waals surface area contributed by atoms with Gasteiger partial charge in [-0.3, -0.25) is 15.2 Å². The number of fused-ring (bicyclic) bond motifs is 2. The molecule has 9 heteroatoms. The minimum Gasteiger partial charge on any atom is -0.361 e. The fourth-order valence-electron chi connectivity index (χ4n) is 4.36. The lowest BCUT2D eigenvalue weighted by molar-refractivity contribution is 0.252. The lowest BCUT2D eigenvalue weighted by Gasteiger charge is -2.24. The van der Waals surface area contributed by atoms with Crippen LogP contribution in [0.3, 0.4) is 0 Å². The van der Waals surface area contributed by atoms with Crippen LogP contribution in [0.4, 0.5) is 10.5 Å². The van der Waals surface area contributed by atoms with E-state index in [4.69, 9.17) is 4.99 Å². The Bertz CT molecular complexity index is 1570. The molecule has 1 unspecified atom stereocenters. The number of rotatable bonds is 4. The zero-order valence-electron chi connectivity index (χ0n) is 17.7. The van der Waals surface area contributed by atoms with Gasteiger partial charge in [0.1, 0.15) is 11.9 Å². The number of aliphatic imine (C=N–C) groups is 1. The van der Waals surface area contributed by atoms with E-state index in [-0.39, 0.29) is 6.03 Å². The molecule has 1 aliphatic heterocycles. The molecule has 2 aromatic heterocycles. The van der Waals surface area contributed by atoms with E-state index in [1.807, 2.05) is 60.8 Å². The van der Waals surface area contributed by atoms with Crippen molar-refractivity contribution in [1.29, 1.82) is 0 Å². The molecule has 1 saturated heterocycles. The number of carbonyl (C=O) groups is 1. The second kappa shape index (κ2) is 8.41. The van der Waals surface area contributed by atoms with E-state index >= 15 is 0 Å². The van der Waals surface area contributed by atoms with E-state index in [0.29, 0.717) is 12.4 Å². The van der Waals surface area contributed by atoms with Crippen molar-refractivity contribution in [2.75, 3.05) is 4.90 Å². The number of amides is 2. The number of nitrogens with one attached hydrogen (secondary N) is 3. The highest BCUT2D eigenvalue weighted by Gasteiger charge is 2.39. The second-order valence-electron chi connectivity index (χ2n) is 8.11. The average Bonchev–Trinajstić information content (AvgIpc) is 3.54. The van der Waals surface area contributed by atoms with Crippen LogP contribution in [0.5, 0.6) is 0 Å². The summed E-state index contributed by atoms with van der Waals surface area (Å²) in [6.45, 7) is 0.454. The summed E-state index contributed by atoms with van der Waals surface area (Å²) in [5.41, 5.74) is 5.56. The summed E-state index contributed by atoms with van der Waals surface area (Å²) in [5.74, 6) is 0.605. The van der Waals surface area contributed by atoms with Gasteiger partial charge in [-0.15, -0.1) is 0 Å². The molecule has 2 amide bonds. The van der Waals surface area contributed by atoms with Gasteiger partial charge in [0.25, 0.3) is 0 Å². The number of benzene rings is 3. The topological polar surface area (TPSA) is 89.2 Å². The van der Waals surface area contributed by atoms with Gasteiger partial charge < -0.3 is 9.97 Å². The highest BCUT2D eigenvalue weighted by atomic mass is 79.9. The van der Waals surface area contributed by atoms with Crippen LogP contribution in [0.15, 0.2) is 87.1 Å². The number of aromatic amines is 2. The number of anilines is 1. The Morgan fingerprint density at radius 2 is 1.79 bits per heavy atom. The predicted octanol–water partition coefficient (Wildman–Crippen LogP) is 6.44. The molecular weight excluding hydrogens is 560 g/mol. The Balaban J connectivity index is 1.43. The van der Waals surface area contributed by atoms with Gasteiger partial charge in [0.15, 0.2) is 0 Å². The molecule has 0 aliphatic carbocycles. The maximum atomic E-state index is 13.2. The number of hydrogen-bond acceptors (Lipinski definition) is 3. The minimum atomic E-state index is -0.405. The van der Waals surface area contributed by atoms with Gasteiger partial charge in [-0.2, -0.15) is 0 Å². The van der Waals surface area contributed by atoms with Crippen molar-refractivity contribution >= 4 is 71.4 Å². The number of urea groups is 1. The van der Waals surface area contributed by atoms with Crippen LogP contribution >= 0.6 is 31.9 Å². The van der Waals surface area contributed by atoms with Crippen LogP contribution in [0.2, 0.25) is 0 Å². The molecule has 5 aromatic rings. The maximum Gasteiger partial charge on any atom is 0.328 e. The maximum absolute atomic E-state index is 13.2. The Kier molecular flexibility index (Phi) is 5.23. The first-order valence-electron chi connectivity index (χ1n) is 10.6. The summed E-state index contributed by atoms with van der Waals surface area (Å²) in [6.07, 6.45) is 3.57. The highest BCUT2D eigenvalue weighted by molar-refractivity contribution is 9.11. The largest absolute Gasteiger partial charge is 0.361 e. The molecule has 3 heterocycles. The van der Waals surface area contributed by atoms with E-state index in [0.717, 1.165) is 47.7 Å². The molecule has 0 saturated carbocycles. The van der Waals surface area contributed by atoms with Gasteiger partial charge in [0, 0.05) is 26.3 Å². The van der Waals surface area contributed by atoms with Gasteiger partial charge in [-0.25, -0.2) is 9.78 Å². The number of aromatic nitrogens is 3. The molecule has 168 valence electrons. The number of amidine groups is 1. The quantitative estimate of drug-likeness (QED) is 0.229. The van der Waals surface area contributed by atoms with E-state index in [1.54, 1.807) is 11.2 Å². The van der Waals surface area contributed by atoms with Gasteiger partial charge in [-0.05, 0) is 71.1 Å².